The normalized spacial score (nSPS) is 17.2. The van der Waals surface area contributed by atoms with E-state index in [1.54, 1.807) is 0 Å². The molecule has 1 aromatic carbocycles. The predicted molar refractivity (Wildman–Crippen MR) is 92.9 cm³/mol. The molecule has 2 aliphatic heterocycles. The average molecular weight is 341 g/mol. The second-order valence-electron chi connectivity index (χ2n) is 6.65. The highest BCUT2D eigenvalue weighted by molar-refractivity contribution is 5.92. The van der Waals surface area contributed by atoms with Crippen LogP contribution in [0.15, 0.2) is 24.3 Å². The number of carbonyl (C=O) groups is 1. The van der Waals surface area contributed by atoms with Crippen LogP contribution in [0, 0.1) is 6.92 Å². The number of rotatable bonds is 4. The summed E-state index contributed by atoms with van der Waals surface area (Å²) in [6.07, 6.45) is 2.82. The van der Waals surface area contributed by atoms with Crippen LogP contribution in [0.3, 0.4) is 0 Å². The first kappa shape index (κ1) is 16.1. The molecule has 0 radical (unpaired) electrons. The van der Waals surface area contributed by atoms with E-state index in [0.717, 1.165) is 56.1 Å². The molecule has 2 aliphatic rings. The first-order valence-electron chi connectivity index (χ1n) is 8.88. The summed E-state index contributed by atoms with van der Waals surface area (Å²) in [5, 5.41) is 7.50. The topological polar surface area (TPSA) is 65.4 Å². The second kappa shape index (κ2) is 6.88. The zero-order chi connectivity index (χ0) is 17.2. The van der Waals surface area contributed by atoms with Gasteiger partial charge in [0, 0.05) is 37.4 Å². The zero-order valence-electron chi connectivity index (χ0n) is 14.5. The van der Waals surface area contributed by atoms with Gasteiger partial charge < -0.3 is 14.8 Å². The van der Waals surface area contributed by atoms with Crippen LogP contribution in [-0.4, -0.2) is 35.5 Å². The molecule has 6 nitrogen and oxygen atoms in total. The van der Waals surface area contributed by atoms with Crippen molar-refractivity contribution in [2.45, 2.75) is 38.8 Å². The van der Waals surface area contributed by atoms with Crippen molar-refractivity contribution < 1.29 is 14.3 Å². The number of nitrogens with zero attached hydrogens (tertiary/aromatic N) is 2. The molecule has 4 rings (SSSR count). The van der Waals surface area contributed by atoms with Crippen LogP contribution >= 0.6 is 0 Å². The van der Waals surface area contributed by atoms with Gasteiger partial charge in [0.05, 0.1) is 12.6 Å². The van der Waals surface area contributed by atoms with E-state index in [4.69, 9.17) is 9.47 Å². The highest BCUT2D eigenvalue weighted by Crippen LogP contribution is 2.29. The molecule has 3 heterocycles. The molecule has 25 heavy (non-hydrogen) atoms. The molecule has 0 aliphatic carbocycles. The first-order valence-corrected chi connectivity index (χ1v) is 8.88. The van der Waals surface area contributed by atoms with E-state index >= 15 is 0 Å². The average Bonchev–Trinajstić information content (AvgIpc) is 3.27. The van der Waals surface area contributed by atoms with Gasteiger partial charge in [0.2, 0.25) is 0 Å². The Morgan fingerprint density at radius 3 is 3.00 bits per heavy atom. The van der Waals surface area contributed by atoms with E-state index in [-0.39, 0.29) is 5.91 Å². The van der Waals surface area contributed by atoms with Gasteiger partial charge in [0.25, 0.3) is 5.91 Å². The Bertz CT molecular complexity index is 778. The number of carbonyl (C=O) groups excluding carboxylic acids is 1. The number of ether oxygens (including phenoxy) is 2. The van der Waals surface area contributed by atoms with Crippen molar-refractivity contribution in [2.75, 3.05) is 19.8 Å². The SMILES string of the molecule is Cc1cc(C(=O)NCc2cccc3c2OCC3)nn1C1CCOCC1. The summed E-state index contributed by atoms with van der Waals surface area (Å²) in [6.45, 7) is 4.67. The van der Waals surface area contributed by atoms with E-state index in [9.17, 15) is 4.79 Å². The molecule has 132 valence electrons. The number of hydrogen-bond donors (Lipinski definition) is 1. The fourth-order valence-electron chi connectivity index (χ4n) is 3.59. The quantitative estimate of drug-likeness (QED) is 0.927. The van der Waals surface area contributed by atoms with Crippen molar-refractivity contribution in [1.82, 2.24) is 15.1 Å². The Hall–Kier alpha value is -2.34. The Morgan fingerprint density at radius 2 is 2.16 bits per heavy atom. The molecule has 0 atom stereocenters. The fourth-order valence-corrected chi connectivity index (χ4v) is 3.59. The monoisotopic (exact) mass is 341 g/mol. The number of nitrogens with one attached hydrogen (secondary N) is 1. The molecule has 1 aromatic heterocycles. The molecule has 1 fully saturated rings. The summed E-state index contributed by atoms with van der Waals surface area (Å²) < 4.78 is 13.1. The summed E-state index contributed by atoms with van der Waals surface area (Å²) in [5.41, 5.74) is 3.72. The lowest BCUT2D eigenvalue weighted by molar-refractivity contribution is 0.0654. The first-order chi connectivity index (χ1) is 12.2. The van der Waals surface area contributed by atoms with Gasteiger partial charge in [-0.3, -0.25) is 9.48 Å². The number of aromatic nitrogens is 2. The summed E-state index contributed by atoms with van der Waals surface area (Å²) >= 11 is 0. The van der Waals surface area contributed by atoms with Crippen LogP contribution in [-0.2, 0) is 17.7 Å². The van der Waals surface area contributed by atoms with Crippen LogP contribution in [0.5, 0.6) is 5.75 Å². The van der Waals surface area contributed by atoms with Gasteiger partial charge in [-0.25, -0.2) is 0 Å². The number of aryl methyl sites for hydroxylation is 1. The third-order valence-electron chi connectivity index (χ3n) is 4.93. The molecule has 2 aromatic rings. The standard InChI is InChI=1S/C19H23N3O3/c1-13-11-17(21-22(13)16-6-8-24-9-7-16)19(23)20-12-15-4-2-3-14-5-10-25-18(14)15/h2-4,11,16H,5-10,12H2,1H3,(H,20,23). The van der Waals surface area contributed by atoms with Gasteiger partial charge in [0.15, 0.2) is 0 Å². The maximum atomic E-state index is 12.5. The van der Waals surface area contributed by atoms with E-state index in [1.165, 1.54) is 5.56 Å². The third-order valence-corrected chi connectivity index (χ3v) is 4.93. The van der Waals surface area contributed by atoms with Gasteiger partial charge >= 0.3 is 0 Å². The Balaban J connectivity index is 1.44. The Labute approximate surface area is 147 Å². The predicted octanol–water partition coefficient (Wildman–Crippen LogP) is 2.41. The van der Waals surface area contributed by atoms with Crippen molar-refractivity contribution in [2.24, 2.45) is 0 Å². The molecule has 1 amide bonds. The van der Waals surface area contributed by atoms with Gasteiger partial charge in [-0.15, -0.1) is 0 Å². The van der Waals surface area contributed by atoms with Crippen molar-refractivity contribution in [3.8, 4) is 5.75 Å². The smallest absolute Gasteiger partial charge is 0.272 e. The molecule has 0 spiro atoms. The van der Waals surface area contributed by atoms with Crippen LogP contribution in [0.4, 0.5) is 0 Å². The maximum Gasteiger partial charge on any atom is 0.272 e. The van der Waals surface area contributed by atoms with E-state index < -0.39 is 0 Å². The number of fused-ring (bicyclic) bond motifs is 1. The minimum Gasteiger partial charge on any atom is -0.493 e. The summed E-state index contributed by atoms with van der Waals surface area (Å²) in [6, 6.07) is 8.26. The van der Waals surface area contributed by atoms with Crippen molar-refractivity contribution in [3.63, 3.8) is 0 Å². The Morgan fingerprint density at radius 1 is 1.32 bits per heavy atom. The largest absolute Gasteiger partial charge is 0.493 e. The second-order valence-corrected chi connectivity index (χ2v) is 6.65. The lowest BCUT2D eigenvalue weighted by Crippen LogP contribution is -2.25. The van der Waals surface area contributed by atoms with Gasteiger partial charge in [-0.2, -0.15) is 5.10 Å². The number of hydrogen-bond acceptors (Lipinski definition) is 4. The highest BCUT2D eigenvalue weighted by atomic mass is 16.5. The fraction of sp³-hybridized carbons (Fsp3) is 0.474. The minimum absolute atomic E-state index is 0.149. The zero-order valence-corrected chi connectivity index (χ0v) is 14.5. The molecule has 0 saturated carbocycles. The van der Waals surface area contributed by atoms with Gasteiger partial charge in [-0.05, 0) is 31.4 Å². The van der Waals surface area contributed by atoms with Crippen LogP contribution < -0.4 is 10.1 Å². The van der Waals surface area contributed by atoms with E-state index in [2.05, 4.69) is 16.5 Å². The minimum atomic E-state index is -0.149. The van der Waals surface area contributed by atoms with Crippen LogP contribution in [0.25, 0.3) is 0 Å². The maximum absolute atomic E-state index is 12.5. The van der Waals surface area contributed by atoms with Gasteiger partial charge in [-0.1, -0.05) is 18.2 Å². The van der Waals surface area contributed by atoms with Crippen LogP contribution in [0.1, 0.15) is 46.2 Å². The summed E-state index contributed by atoms with van der Waals surface area (Å²) in [4.78, 5) is 12.5. The van der Waals surface area contributed by atoms with E-state index in [0.29, 0.717) is 18.3 Å². The number of benzene rings is 1. The summed E-state index contributed by atoms with van der Waals surface area (Å²) in [7, 11) is 0. The van der Waals surface area contributed by atoms with Crippen molar-refractivity contribution in [1.29, 1.82) is 0 Å². The lowest BCUT2D eigenvalue weighted by Gasteiger charge is -2.23. The molecule has 1 saturated heterocycles. The molecule has 1 N–H and O–H groups in total. The lowest BCUT2D eigenvalue weighted by atomic mass is 10.1. The highest BCUT2D eigenvalue weighted by Gasteiger charge is 2.21. The van der Waals surface area contributed by atoms with Crippen LogP contribution in [0.2, 0.25) is 0 Å². The molecular formula is C19H23N3O3. The Kier molecular flexibility index (Phi) is 4.44. The van der Waals surface area contributed by atoms with E-state index in [1.807, 2.05) is 29.8 Å². The molecule has 6 heteroatoms. The third kappa shape index (κ3) is 3.26. The molecule has 0 bridgehead atoms. The van der Waals surface area contributed by atoms with Gasteiger partial charge in [0.1, 0.15) is 11.4 Å². The molecule has 0 unspecified atom stereocenters. The number of para-hydroxylation sites is 1. The molecular weight excluding hydrogens is 318 g/mol. The summed E-state index contributed by atoms with van der Waals surface area (Å²) in [5.74, 6) is 0.774. The number of amides is 1. The van der Waals surface area contributed by atoms with Crippen molar-refractivity contribution in [3.05, 3.63) is 46.8 Å². The van der Waals surface area contributed by atoms with Crippen molar-refractivity contribution >= 4 is 5.91 Å².